The molecule has 0 saturated carbocycles. The van der Waals surface area contributed by atoms with Crippen molar-refractivity contribution in [2.75, 3.05) is 0 Å². The number of aryl methyl sites for hydroxylation is 2. The van der Waals surface area contributed by atoms with Crippen LogP contribution in [0.15, 0.2) is 52.9 Å². The molecule has 2 aromatic carbocycles. The van der Waals surface area contributed by atoms with Crippen LogP contribution in [0.2, 0.25) is 5.02 Å². The van der Waals surface area contributed by atoms with Gasteiger partial charge in [-0.15, -0.1) is 10.2 Å². The fraction of sp³-hybridized carbons (Fsp3) is 0.211. The van der Waals surface area contributed by atoms with Crippen molar-refractivity contribution in [2.24, 2.45) is 0 Å². The second-order valence-corrected chi connectivity index (χ2v) is 6.09. The minimum atomic E-state index is -0.315. The molecular weight excluding hydrogens is 340 g/mol. The molecule has 0 aliphatic rings. The van der Waals surface area contributed by atoms with Crippen LogP contribution in [0.4, 0.5) is 0 Å². The zero-order chi connectivity index (χ0) is 17.6. The van der Waals surface area contributed by atoms with Crippen LogP contribution in [0.25, 0.3) is 11.5 Å². The Kier molecular flexibility index (Phi) is 5.46. The molecule has 0 spiro atoms. The summed E-state index contributed by atoms with van der Waals surface area (Å²) in [6.07, 6.45) is 0.529. The normalized spacial score (nSPS) is 10.6. The summed E-state index contributed by atoms with van der Waals surface area (Å²) >= 11 is 5.81. The lowest BCUT2D eigenvalue weighted by molar-refractivity contribution is -0.145. The molecule has 0 aliphatic heterocycles. The molecule has 0 saturated heterocycles. The molecule has 3 aromatic rings. The van der Waals surface area contributed by atoms with Gasteiger partial charge in [-0.25, -0.2) is 0 Å². The standard InChI is InChI=1S/C19H17ClN2O3/c1-13-2-6-15(7-3-13)19-22-21-17(25-19)10-11-18(23)24-12-14-4-8-16(20)9-5-14/h2-9H,10-12H2,1H3. The molecule has 25 heavy (non-hydrogen) atoms. The number of rotatable bonds is 6. The Labute approximate surface area is 150 Å². The number of nitrogens with zero attached hydrogens (tertiary/aromatic N) is 2. The summed E-state index contributed by atoms with van der Waals surface area (Å²) in [6, 6.07) is 15.0. The number of hydrogen-bond donors (Lipinski definition) is 0. The molecule has 5 nitrogen and oxygen atoms in total. The van der Waals surface area contributed by atoms with E-state index < -0.39 is 0 Å². The second-order valence-electron chi connectivity index (χ2n) is 5.65. The third-order valence-corrected chi connectivity index (χ3v) is 3.87. The lowest BCUT2D eigenvalue weighted by Gasteiger charge is -2.04. The van der Waals surface area contributed by atoms with Crippen LogP contribution in [-0.2, 0) is 22.6 Å². The van der Waals surface area contributed by atoms with Crippen LogP contribution in [-0.4, -0.2) is 16.2 Å². The number of hydrogen-bond acceptors (Lipinski definition) is 5. The van der Waals surface area contributed by atoms with Gasteiger partial charge in [0.2, 0.25) is 11.8 Å². The Morgan fingerprint density at radius 2 is 1.80 bits per heavy atom. The quantitative estimate of drug-likeness (QED) is 0.613. The lowest BCUT2D eigenvalue weighted by Crippen LogP contribution is -2.06. The molecule has 0 fully saturated rings. The summed E-state index contributed by atoms with van der Waals surface area (Å²) in [5, 5.41) is 8.64. The maximum atomic E-state index is 11.8. The zero-order valence-electron chi connectivity index (χ0n) is 13.7. The van der Waals surface area contributed by atoms with Gasteiger partial charge in [0.25, 0.3) is 0 Å². The van der Waals surface area contributed by atoms with E-state index in [9.17, 15) is 4.79 Å². The largest absolute Gasteiger partial charge is 0.461 e. The SMILES string of the molecule is Cc1ccc(-c2nnc(CCC(=O)OCc3ccc(Cl)cc3)o2)cc1. The van der Waals surface area contributed by atoms with Crippen LogP contribution in [0.1, 0.15) is 23.4 Å². The summed E-state index contributed by atoms with van der Waals surface area (Å²) in [7, 11) is 0. The Morgan fingerprint density at radius 1 is 1.08 bits per heavy atom. The second kappa shape index (κ2) is 7.94. The fourth-order valence-corrected chi connectivity index (χ4v) is 2.32. The van der Waals surface area contributed by atoms with Gasteiger partial charge >= 0.3 is 5.97 Å². The van der Waals surface area contributed by atoms with Crippen molar-refractivity contribution in [3.05, 3.63) is 70.6 Å². The Bertz CT molecular complexity index is 842. The predicted octanol–water partition coefficient (Wildman–Crippen LogP) is 4.37. The molecular formula is C19H17ClN2O3. The van der Waals surface area contributed by atoms with Gasteiger partial charge in [0.15, 0.2) is 0 Å². The molecule has 1 heterocycles. The van der Waals surface area contributed by atoms with E-state index in [0.717, 1.165) is 16.7 Å². The molecule has 6 heteroatoms. The van der Waals surface area contributed by atoms with Gasteiger partial charge in [0.1, 0.15) is 6.61 Å². The van der Waals surface area contributed by atoms with E-state index in [0.29, 0.717) is 23.2 Å². The topological polar surface area (TPSA) is 65.2 Å². The van der Waals surface area contributed by atoms with Crippen molar-refractivity contribution in [1.29, 1.82) is 0 Å². The molecule has 0 N–H and O–H groups in total. The van der Waals surface area contributed by atoms with Gasteiger partial charge in [0, 0.05) is 17.0 Å². The maximum absolute atomic E-state index is 11.8. The van der Waals surface area contributed by atoms with Gasteiger partial charge < -0.3 is 9.15 Å². The molecule has 0 unspecified atom stereocenters. The highest BCUT2D eigenvalue weighted by Gasteiger charge is 2.11. The van der Waals surface area contributed by atoms with Crippen LogP contribution in [0.5, 0.6) is 0 Å². The number of carbonyl (C=O) groups excluding carboxylic acids is 1. The molecule has 0 amide bonds. The number of esters is 1. The predicted molar refractivity (Wildman–Crippen MR) is 94.0 cm³/mol. The van der Waals surface area contributed by atoms with Crippen molar-refractivity contribution in [2.45, 2.75) is 26.4 Å². The Morgan fingerprint density at radius 3 is 2.52 bits per heavy atom. The first-order chi connectivity index (χ1) is 12.1. The summed E-state index contributed by atoms with van der Waals surface area (Å²) in [5.74, 6) is 0.550. The minimum absolute atomic E-state index is 0.184. The first kappa shape index (κ1) is 17.2. The van der Waals surface area contributed by atoms with E-state index in [2.05, 4.69) is 10.2 Å². The lowest BCUT2D eigenvalue weighted by atomic mass is 10.1. The molecule has 0 radical (unpaired) electrons. The summed E-state index contributed by atoms with van der Waals surface area (Å²) in [5.41, 5.74) is 2.90. The van der Waals surface area contributed by atoms with E-state index in [-0.39, 0.29) is 19.0 Å². The Balaban J connectivity index is 1.49. The number of benzene rings is 2. The summed E-state index contributed by atoms with van der Waals surface area (Å²) < 4.78 is 10.8. The minimum Gasteiger partial charge on any atom is -0.461 e. The van der Waals surface area contributed by atoms with E-state index in [1.807, 2.05) is 43.3 Å². The van der Waals surface area contributed by atoms with E-state index in [1.165, 1.54) is 0 Å². The zero-order valence-corrected chi connectivity index (χ0v) is 14.5. The van der Waals surface area contributed by atoms with Gasteiger partial charge in [0.05, 0.1) is 6.42 Å². The van der Waals surface area contributed by atoms with Crippen molar-refractivity contribution in [1.82, 2.24) is 10.2 Å². The van der Waals surface area contributed by atoms with Crippen LogP contribution in [0, 0.1) is 6.92 Å². The highest BCUT2D eigenvalue weighted by atomic mass is 35.5. The van der Waals surface area contributed by atoms with E-state index in [4.69, 9.17) is 20.8 Å². The third-order valence-electron chi connectivity index (χ3n) is 3.62. The number of aromatic nitrogens is 2. The fourth-order valence-electron chi connectivity index (χ4n) is 2.19. The average Bonchev–Trinajstić information content (AvgIpc) is 3.09. The van der Waals surface area contributed by atoms with E-state index in [1.54, 1.807) is 12.1 Å². The van der Waals surface area contributed by atoms with Crippen LogP contribution in [0.3, 0.4) is 0 Å². The van der Waals surface area contributed by atoms with Crippen molar-refractivity contribution >= 4 is 17.6 Å². The Hall–Kier alpha value is -2.66. The average molecular weight is 357 g/mol. The van der Waals surface area contributed by atoms with Crippen molar-refractivity contribution in [3.63, 3.8) is 0 Å². The molecule has 128 valence electrons. The maximum Gasteiger partial charge on any atom is 0.306 e. The van der Waals surface area contributed by atoms with Gasteiger partial charge in [-0.05, 0) is 36.8 Å². The first-order valence-corrected chi connectivity index (χ1v) is 8.27. The highest BCUT2D eigenvalue weighted by Crippen LogP contribution is 2.19. The van der Waals surface area contributed by atoms with Crippen molar-refractivity contribution < 1.29 is 13.9 Å². The number of carbonyl (C=O) groups is 1. The van der Waals surface area contributed by atoms with Crippen LogP contribution >= 0.6 is 11.6 Å². The van der Waals surface area contributed by atoms with Gasteiger partial charge in [-0.3, -0.25) is 4.79 Å². The summed E-state index contributed by atoms with van der Waals surface area (Å²) in [4.78, 5) is 11.8. The van der Waals surface area contributed by atoms with Crippen LogP contribution < -0.4 is 0 Å². The monoisotopic (exact) mass is 356 g/mol. The molecule has 1 aromatic heterocycles. The summed E-state index contributed by atoms with van der Waals surface area (Å²) in [6.45, 7) is 2.23. The van der Waals surface area contributed by atoms with E-state index >= 15 is 0 Å². The van der Waals surface area contributed by atoms with Gasteiger partial charge in [-0.2, -0.15) is 0 Å². The third kappa shape index (κ3) is 4.90. The van der Waals surface area contributed by atoms with Gasteiger partial charge in [-0.1, -0.05) is 41.4 Å². The molecule has 0 atom stereocenters. The molecule has 3 rings (SSSR count). The molecule has 0 aliphatic carbocycles. The first-order valence-electron chi connectivity index (χ1n) is 7.89. The van der Waals surface area contributed by atoms with Crippen molar-refractivity contribution in [3.8, 4) is 11.5 Å². The number of halogens is 1. The smallest absolute Gasteiger partial charge is 0.306 e. The highest BCUT2D eigenvalue weighted by molar-refractivity contribution is 6.30. The molecule has 0 bridgehead atoms. The number of ether oxygens (including phenoxy) is 1.